The number of allylic oxidation sites excluding steroid dienone is 1. The zero-order valence-corrected chi connectivity index (χ0v) is 14.7. The van der Waals surface area contributed by atoms with Gasteiger partial charge in [-0.25, -0.2) is 0 Å². The molecule has 1 atom stereocenters. The van der Waals surface area contributed by atoms with Crippen molar-refractivity contribution in [1.29, 1.82) is 0 Å². The van der Waals surface area contributed by atoms with Gasteiger partial charge in [0, 0.05) is 12.8 Å². The molecule has 0 aromatic heterocycles. The van der Waals surface area contributed by atoms with Crippen LogP contribution in [0.25, 0.3) is 0 Å². The Labute approximate surface area is 120 Å². The van der Waals surface area contributed by atoms with Gasteiger partial charge in [0.25, 0.3) is 0 Å². The third kappa shape index (κ3) is 7.07. The van der Waals surface area contributed by atoms with Crippen LogP contribution in [-0.4, -0.2) is 20.2 Å². The van der Waals surface area contributed by atoms with E-state index in [9.17, 15) is 4.79 Å². The van der Waals surface area contributed by atoms with Gasteiger partial charge in [0.2, 0.25) is 0 Å². The molecule has 0 aliphatic rings. The van der Waals surface area contributed by atoms with Crippen LogP contribution in [0.3, 0.4) is 0 Å². The summed E-state index contributed by atoms with van der Waals surface area (Å²) < 4.78 is 6.41. The highest BCUT2D eigenvalue weighted by molar-refractivity contribution is 6.74. The summed E-state index contributed by atoms with van der Waals surface area (Å²) in [5.41, 5.74) is 0. The minimum Gasteiger partial charge on any atom is -0.413 e. The first kappa shape index (κ1) is 18.6. The summed E-state index contributed by atoms with van der Waals surface area (Å²) in [6, 6.07) is 0. The Hall–Kier alpha value is -0.413. The molecular formula is C16H32O2Si. The fourth-order valence-corrected chi connectivity index (χ4v) is 3.07. The first-order chi connectivity index (χ1) is 8.64. The lowest BCUT2D eigenvalue weighted by molar-refractivity contribution is -0.120. The van der Waals surface area contributed by atoms with Gasteiger partial charge < -0.3 is 4.43 Å². The molecule has 0 radical (unpaired) electrons. The van der Waals surface area contributed by atoms with Crippen LogP contribution in [0.15, 0.2) is 12.7 Å². The van der Waals surface area contributed by atoms with Crippen molar-refractivity contribution in [3.05, 3.63) is 12.7 Å². The van der Waals surface area contributed by atoms with Crippen molar-refractivity contribution in [2.75, 3.05) is 0 Å². The fourth-order valence-electron chi connectivity index (χ4n) is 1.68. The van der Waals surface area contributed by atoms with E-state index in [2.05, 4.69) is 40.4 Å². The summed E-state index contributed by atoms with van der Waals surface area (Å²) in [6.45, 7) is 16.9. The second kappa shape index (κ2) is 8.00. The number of carbonyl (C=O) groups is 1. The highest BCUT2D eigenvalue weighted by atomic mass is 28.4. The summed E-state index contributed by atoms with van der Waals surface area (Å²) in [4.78, 5) is 11.7. The molecule has 0 saturated carbocycles. The van der Waals surface area contributed by atoms with Crippen LogP contribution in [-0.2, 0) is 9.22 Å². The largest absolute Gasteiger partial charge is 0.413 e. The smallest absolute Gasteiger partial charge is 0.192 e. The van der Waals surface area contributed by atoms with E-state index in [1.165, 1.54) is 0 Å². The third-order valence-corrected chi connectivity index (χ3v) is 8.59. The van der Waals surface area contributed by atoms with Crippen LogP contribution in [0.4, 0.5) is 0 Å². The highest BCUT2D eigenvalue weighted by Crippen LogP contribution is 2.38. The predicted molar refractivity (Wildman–Crippen MR) is 86.0 cm³/mol. The number of rotatable bonds is 9. The average molecular weight is 285 g/mol. The number of hydrogen-bond acceptors (Lipinski definition) is 2. The summed E-state index contributed by atoms with van der Waals surface area (Å²) in [5, 5.41) is 0.193. The van der Waals surface area contributed by atoms with E-state index in [1.807, 2.05) is 13.0 Å². The number of unbranched alkanes of at least 4 members (excludes halogenated alkanes) is 1. The molecule has 0 saturated heterocycles. The average Bonchev–Trinajstić information content (AvgIpc) is 2.27. The van der Waals surface area contributed by atoms with Crippen molar-refractivity contribution in [3.63, 3.8) is 0 Å². The molecule has 0 rings (SSSR count). The molecule has 0 N–H and O–H groups in total. The minimum atomic E-state index is -1.79. The van der Waals surface area contributed by atoms with Gasteiger partial charge in [-0.15, -0.1) is 6.58 Å². The molecule has 3 heteroatoms. The summed E-state index contributed by atoms with van der Waals surface area (Å²) in [6.07, 6.45) is 6.22. The molecule has 2 nitrogen and oxygen atoms in total. The van der Waals surface area contributed by atoms with Crippen LogP contribution in [0.2, 0.25) is 18.1 Å². The van der Waals surface area contributed by atoms with Gasteiger partial charge in [0.05, 0.1) is 6.10 Å². The molecule has 112 valence electrons. The number of carbonyl (C=O) groups excluding carboxylic acids is 1. The standard InChI is InChI=1S/C16H32O2Si/c1-8-10-11-12-15(13-14(17)9-2)18-19(6,7)16(3,4)5/h8,15H,1,9-13H2,2-7H3/t15-/m1/s1. The van der Waals surface area contributed by atoms with Gasteiger partial charge >= 0.3 is 0 Å². The Morgan fingerprint density at radius 2 is 1.95 bits per heavy atom. The van der Waals surface area contributed by atoms with Gasteiger partial charge in [-0.05, 0) is 37.4 Å². The lowest BCUT2D eigenvalue weighted by Crippen LogP contribution is -2.44. The Balaban J connectivity index is 4.64. The number of Topliss-reactive ketones (excluding diaryl/α,β-unsaturated/α-hetero) is 1. The molecule has 0 amide bonds. The zero-order valence-electron chi connectivity index (χ0n) is 13.7. The maximum absolute atomic E-state index is 11.7. The molecule has 0 aromatic rings. The molecule has 0 spiro atoms. The third-order valence-electron chi connectivity index (χ3n) is 4.05. The summed E-state index contributed by atoms with van der Waals surface area (Å²) in [7, 11) is -1.79. The molecule has 0 aliphatic carbocycles. The lowest BCUT2D eigenvalue weighted by Gasteiger charge is -2.39. The molecule has 0 aromatic carbocycles. The summed E-state index contributed by atoms with van der Waals surface area (Å²) in [5.74, 6) is 0.308. The Morgan fingerprint density at radius 1 is 1.37 bits per heavy atom. The van der Waals surface area contributed by atoms with Crippen molar-refractivity contribution in [3.8, 4) is 0 Å². The monoisotopic (exact) mass is 284 g/mol. The van der Waals surface area contributed by atoms with E-state index in [0.717, 1.165) is 19.3 Å². The second-order valence-corrected chi connectivity index (χ2v) is 11.6. The van der Waals surface area contributed by atoms with Crippen LogP contribution in [0.1, 0.15) is 59.8 Å². The van der Waals surface area contributed by atoms with Gasteiger partial charge in [-0.1, -0.05) is 33.8 Å². The normalized spacial score (nSPS) is 14.2. The molecule has 0 fully saturated rings. The minimum absolute atomic E-state index is 0.0910. The first-order valence-corrected chi connectivity index (χ1v) is 10.3. The van der Waals surface area contributed by atoms with E-state index >= 15 is 0 Å². The van der Waals surface area contributed by atoms with Gasteiger partial charge in [-0.2, -0.15) is 0 Å². The topological polar surface area (TPSA) is 26.3 Å². The predicted octanol–water partition coefficient (Wildman–Crippen LogP) is 5.10. The van der Waals surface area contributed by atoms with Gasteiger partial charge in [0.15, 0.2) is 8.32 Å². The fraction of sp³-hybridized carbons (Fsp3) is 0.812. The molecular weight excluding hydrogens is 252 g/mol. The van der Waals surface area contributed by atoms with Crippen LogP contribution < -0.4 is 0 Å². The van der Waals surface area contributed by atoms with Crippen molar-refractivity contribution in [2.24, 2.45) is 0 Å². The zero-order chi connectivity index (χ0) is 15.1. The second-order valence-electron chi connectivity index (χ2n) is 6.82. The van der Waals surface area contributed by atoms with Crippen molar-refractivity contribution < 1.29 is 9.22 Å². The highest BCUT2D eigenvalue weighted by Gasteiger charge is 2.39. The first-order valence-electron chi connectivity index (χ1n) is 7.44. The SMILES string of the molecule is C=CCCC[C@H](CC(=O)CC)O[Si](C)(C)C(C)(C)C. The Morgan fingerprint density at radius 3 is 2.37 bits per heavy atom. The lowest BCUT2D eigenvalue weighted by atomic mass is 10.1. The van der Waals surface area contributed by atoms with E-state index in [4.69, 9.17) is 4.43 Å². The van der Waals surface area contributed by atoms with Crippen molar-refractivity contribution >= 4 is 14.1 Å². The van der Waals surface area contributed by atoms with E-state index < -0.39 is 8.32 Å². The van der Waals surface area contributed by atoms with E-state index in [1.54, 1.807) is 0 Å². The molecule has 19 heavy (non-hydrogen) atoms. The van der Waals surface area contributed by atoms with E-state index in [-0.39, 0.29) is 11.1 Å². The van der Waals surface area contributed by atoms with Crippen LogP contribution >= 0.6 is 0 Å². The maximum atomic E-state index is 11.7. The molecule has 0 unspecified atom stereocenters. The summed E-state index contributed by atoms with van der Waals surface area (Å²) >= 11 is 0. The quantitative estimate of drug-likeness (QED) is 0.334. The van der Waals surface area contributed by atoms with Crippen molar-refractivity contribution in [1.82, 2.24) is 0 Å². The molecule has 0 bridgehead atoms. The van der Waals surface area contributed by atoms with Crippen LogP contribution in [0, 0.1) is 0 Å². The molecule has 0 aliphatic heterocycles. The number of hydrogen-bond donors (Lipinski definition) is 0. The van der Waals surface area contributed by atoms with Crippen molar-refractivity contribution in [2.45, 2.75) is 84.0 Å². The van der Waals surface area contributed by atoms with E-state index in [0.29, 0.717) is 18.6 Å². The molecule has 0 heterocycles. The Bertz CT molecular complexity index is 290. The maximum Gasteiger partial charge on any atom is 0.192 e. The van der Waals surface area contributed by atoms with Crippen LogP contribution in [0.5, 0.6) is 0 Å². The van der Waals surface area contributed by atoms with Gasteiger partial charge in [-0.3, -0.25) is 4.79 Å². The Kier molecular flexibility index (Phi) is 7.83. The number of ketones is 1. The van der Waals surface area contributed by atoms with Gasteiger partial charge in [0.1, 0.15) is 5.78 Å².